The minimum Gasteiger partial charge on any atom is -0.469 e. The van der Waals surface area contributed by atoms with E-state index in [4.69, 9.17) is 0 Å². The Morgan fingerprint density at radius 2 is 2.26 bits per heavy atom. The van der Waals surface area contributed by atoms with Gasteiger partial charge < -0.3 is 15.0 Å². The topological polar surface area (TPSA) is 58.6 Å². The summed E-state index contributed by atoms with van der Waals surface area (Å²) in [5.41, 5.74) is 0.909. The molecule has 1 unspecified atom stereocenters. The molecule has 2 rings (SSSR count). The molecule has 1 saturated heterocycles. The average molecular weight is 327 g/mol. The van der Waals surface area contributed by atoms with E-state index < -0.39 is 6.04 Å². The minimum absolute atomic E-state index is 0.0453. The number of ether oxygens (including phenoxy) is 1. The highest BCUT2D eigenvalue weighted by Crippen LogP contribution is 2.29. The summed E-state index contributed by atoms with van der Waals surface area (Å²) in [7, 11) is 1.33. The Hall–Kier alpha value is -1.56. The Labute approximate surface area is 120 Å². The van der Waals surface area contributed by atoms with Crippen LogP contribution in [0.2, 0.25) is 0 Å². The van der Waals surface area contributed by atoms with Crippen LogP contribution in [0.25, 0.3) is 0 Å². The molecule has 1 aromatic carbocycles. The van der Waals surface area contributed by atoms with Gasteiger partial charge in [0.2, 0.25) is 5.91 Å². The Morgan fingerprint density at radius 3 is 2.95 bits per heavy atom. The number of amides is 1. The van der Waals surface area contributed by atoms with Crippen molar-refractivity contribution in [3.05, 3.63) is 28.7 Å². The van der Waals surface area contributed by atoms with Crippen LogP contribution in [0, 0.1) is 0 Å². The molecule has 1 fully saturated rings. The van der Waals surface area contributed by atoms with Crippen molar-refractivity contribution < 1.29 is 14.3 Å². The Morgan fingerprint density at radius 1 is 1.53 bits per heavy atom. The molecule has 1 aliphatic rings. The quantitative estimate of drug-likeness (QED) is 0.851. The van der Waals surface area contributed by atoms with Crippen molar-refractivity contribution in [1.29, 1.82) is 0 Å². The number of hydrogen-bond donors (Lipinski definition) is 1. The first-order chi connectivity index (χ1) is 9.13. The summed E-state index contributed by atoms with van der Waals surface area (Å²) in [5.74, 6) is -0.536. The summed E-state index contributed by atoms with van der Waals surface area (Å²) in [6.07, 6.45) is 0.0453. The van der Waals surface area contributed by atoms with E-state index in [1.807, 2.05) is 29.2 Å². The monoisotopic (exact) mass is 326 g/mol. The van der Waals surface area contributed by atoms with Gasteiger partial charge in [0.25, 0.3) is 0 Å². The lowest BCUT2D eigenvalue weighted by Gasteiger charge is -2.36. The Balaban J connectivity index is 2.27. The zero-order valence-electron chi connectivity index (χ0n) is 10.6. The van der Waals surface area contributed by atoms with E-state index in [1.54, 1.807) is 0 Å². The first kappa shape index (κ1) is 13.9. The third kappa shape index (κ3) is 3.07. The Kier molecular flexibility index (Phi) is 4.42. The summed E-state index contributed by atoms with van der Waals surface area (Å²) in [6.45, 7) is 1.23. The number of esters is 1. The Bertz CT molecular complexity index is 493. The van der Waals surface area contributed by atoms with Crippen LogP contribution in [0.5, 0.6) is 0 Å². The molecule has 19 heavy (non-hydrogen) atoms. The SMILES string of the molecule is COC(=O)CC1C(=O)NCCN1c1ccccc1Br. The molecule has 0 radical (unpaired) electrons. The number of para-hydroxylation sites is 1. The molecule has 0 bridgehead atoms. The predicted octanol–water partition coefficient (Wildman–Crippen LogP) is 1.32. The summed E-state index contributed by atoms with van der Waals surface area (Å²) in [5, 5.41) is 2.78. The first-order valence-corrected chi connectivity index (χ1v) is 6.78. The highest BCUT2D eigenvalue weighted by atomic mass is 79.9. The zero-order valence-corrected chi connectivity index (χ0v) is 12.1. The lowest BCUT2D eigenvalue weighted by atomic mass is 10.1. The molecule has 5 nitrogen and oxygen atoms in total. The normalized spacial score (nSPS) is 18.9. The predicted molar refractivity (Wildman–Crippen MR) is 74.9 cm³/mol. The average Bonchev–Trinajstić information content (AvgIpc) is 2.41. The van der Waals surface area contributed by atoms with Crippen LogP contribution in [0.1, 0.15) is 6.42 Å². The minimum atomic E-state index is -0.528. The van der Waals surface area contributed by atoms with E-state index in [0.717, 1.165) is 10.2 Å². The largest absolute Gasteiger partial charge is 0.469 e. The molecule has 1 aromatic rings. The van der Waals surface area contributed by atoms with E-state index in [1.165, 1.54) is 7.11 Å². The van der Waals surface area contributed by atoms with Gasteiger partial charge in [0.05, 0.1) is 19.2 Å². The highest BCUT2D eigenvalue weighted by Gasteiger charge is 2.32. The van der Waals surface area contributed by atoms with Crippen LogP contribution >= 0.6 is 15.9 Å². The zero-order chi connectivity index (χ0) is 13.8. The molecule has 1 aliphatic heterocycles. The van der Waals surface area contributed by atoms with Gasteiger partial charge in [-0.2, -0.15) is 0 Å². The van der Waals surface area contributed by atoms with Gasteiger partial charge in [-0.05, 0) is 28.1 Å². The van der Waals surface area contributed by atoms with Crippen LogP contribution in [-0.4, -0.2) is 38.1 Å². The van der Waals surface area contributed by atoms with Crippen molar-refractivity contribution in [2.24, 2.45) is 0 Å². The maximum Gasteiger partial charge on any atom is 0.308 e. The van der Waals surface area contributed by atoms with E-state index in [2.05, 4.69) is 26.0 Å². The number of carbonyl (C=O) groups excluding carboxylic acids is 2. The van der Waals surface area contributed by atoms with Gasteiger partial charge in [-0.1, -0.05) is 12.1 Å². The summed E-state index contributed by atoms with van der Waals surface area (Å²) < 4.78 is 5.56. The summed E-state index contributed by atoms with van der Waals surface area (Å²) in [6, 6.07) is 7.12. The molecule has 0 spiro atoms. The molecule has 102 valence electrons. The molecule has 1 amide bonds. The first-order valence-electron chi connectivity index (χ1n) is 5.99. The van der Waals surface area contributed by atoms with E-state index in [9.17, 15) is 9.59 Å². The van der Waals surface area contributed by atoms with Crippen LogP contribution in [-0.2, 0) is 14.3 Å². The number of carbonyl (C=O) groups is 2. The van der Waals surface area contributed by atoms with Gasteiger partial charge in [0, 0.05) is 17.6 Å². The van der Waals surface area contributed by atoms with Crippen LogP contribution in [0.15, 0.2) is 28.7 Å². The number of benzene rings is 1. The van der Waals surface area contributed by atoms with Gasteiger partial charge in [-0.3, -0.25) is 9.59 Å². The fraction of sp³-hybridized carbons (Fsp3) is 0.385. The third-order valence-electron chi connectivity index (χ3n) is 3.08. The number of nitrogens with zero attached hydrogens (tertiary/aromatic N) is 1. The van der Waals surface area contributed by atoms with E-state index in [-0.39, 0.29) is 18.3 Å². The second kappa shape index (κ2) is 6.06. The molecule has 0 aromatic heterocycles. The number of methoxy groups -OCH3 is 1. The molecule has 6 heteroatoms. The number of rotatable bonds is 3. The van der Waals surface area contributed by atoms with Crippen molar-refractivity contribution in [3.63, 3.8) is 0 Å². The molecular weight excluding hydrogens is 312 g/mol. The standard InChI is InChI=1S/C13H15BrN2O3/c1-19-12(17)8-11-13(18)15-6-7-16(11)10-5-3-2-4-9(10)14/h2-5,11H,6-8H2,1H3,(H,15,18). The molecule has 1 heterocycles. The molecule has 1 N–H and O–H groups in total. The van der Waals surface area contributed by atoms with E-state index in [0.29, 0.717) is 13.1 Å². The number of hydrogen-bond acceptors (Lipinski definition) is 4. The van der Waals surface area contributed by atoms with Gasteiger partial charge in [-0.25, -0.2) is 0 Å². The smallest absolute Gasteiger partial charge is 0.308 e. The van der Waals surface area contributed by atoms with E-state index >= 15 is 0 Å². The van der Waals surface area contributed by atoms with Crippen molar-refractivity contribution >= 4 is 33.5 Å². The van der Waals surface area contributed by atoms with Crippen LogP contribution < -0.4 is 10.2 Å². The number of piperazine rings is 1. The van der Waals surface area contributed by atoms with Crippen molar-refractivity contribution in [2.45, 2.75) is 12.5 Å². The number of anilines is 1. The fourth-order valence-electron chi connectivity index (χ4n) is 2.13. The van der Waals surface area contributed by atoms with Crippen molar-refractivity contribution in [2.75, 3.05) is 25.1 Å². The molecule has 0 aliphatic carbocycles. The van der Waals surface area contributed by atoms with Gasteiger partial charge in [0.1, 0.15) is 6.04 Å². The second-order valence-electron chi connectivity index (χ2n) is 4.23. The maximum atomic E-state index is 12.0. The number of halogens is 1. The summed E-state index contributed by atoms with van der Waals surface area (Å²) in [4.78, 5) is 25.3. The maximum absolute atomic E-state index is 12.0. The third-order valence-corrected chi connectivity index (χ3v) is 3.75. The lowest BCUT2D eigenvalue weighted by Crippen LogP contribution is -2.56. The number of nitrogens with one attached hydrogen (secondary N) is 1. The molecule has 1 atom stereocenters. The van der Waals surface area contributed by atoms with Gasteiger partial charge in [-0.15, -0.1) is 0 Å². The van der Waals surface area contributed by atoms with Crippen LogP contribution in [0.4, 0.5) is 5.69 Å². The highest BCUT2D eigenvalue weighted by molar-refractivity contribution is 9.10. The lowest BCUT2D eigenvalue weighted by molar-refractivity contribution is -0.143. The second-order valence-corrected chi connectivity index (χ2v) is 5.09. The molecular formula is C13H15BrN2O3. The van der Waals surface area contributed by atoms with Crippen LogP contribution in [0.3, 0.4) is 0 Å². The van der Waals surface area contributed by atoms with Gasteiger partial charge in [0.15, 0.2) is 0 Å². The summed E-state index contributed by atoms with van der Waals surface area (Å²) >= 11 is 3.47. The molecule has 0 saturated carbocycles. The van der Waals surface area contributed by atoms with Crippen molar-refractivity contribution in [3.8, 4) is 0 Å². The fourth-order valence-corrected chi connectivity index (χ4v) is 2.64. The van der Waals surface area contributed by atoms with Crippen molar-refractivity contribution in [1.82, 2.24) is 5.32 Å². The van der Waals surface area contributed by atoms with Gasteiger partial charge >= 0.3 is 5.97 Å².